The van der Waals surface area contributed by atoms with E-state index in [9.17, 15) is 19.8 Å². The summed E-state index contributed by atoms with van der Waals surface area (Å²) in [6.07, 6.45) is 96.9. The lowest BCUT2D eigenvalue weighted by atomic mass is 10.0. The van der Waals surface area contributed by atoms with Gasteiger partial charge in [-0.25, -0.2) is 0 Å². The van der Waals surface area contributed by atoms with E-state index in [1.165, 1.54) is 372 Å². The van der Waals surface area contributed by atoms with Crippen molar-refractivity contribution in [1.29, 1.82) is 0 Å². The van der Waals surface area contributed by atoms with Gasteiger partial charge in [0.15, 0.2) is 0 Å². The topological polar surface area (TPSA) is 95.9 Å². The van der Waals surface area contributed by atoms with Crippen LogP contribution >= 0.6 is 0 Å². The third-order valence-electron chi connectivity index (χ3n) is 18.8. The minimum atomic E-state index is -0.668. The molecule has 2 atom stereocenters. The molecule has 1 amide bonds. The smallest absolute Gasteiger partial charge is 0.305 e. The summed E-state index contributed by atoms with van der Waals surface area (Å²) < 4.78 is 5.51. The van der Waals surface area contributed by atoms with Crippen LogP contribution in [0.15, 0.2) is 24.3 Å². The van der Waals surface area contributed by atoms with E-state index in [2.05, 4.69) is 43.5 Å². The fourth-order valence-electron chi connectivity index (χ4n) is 12.7. The Morgan fingerprint density at radius 2 is 0.581 bits per heavy atom. The molecule has 6 heteroatoms. The highest BCUT2D eigenvalue weighted by molar-refractivity contribution is 5.76. The normalized spacial score (nSPS) is 12.6. The van der Waals surface area contributed by atoms with Crippen LogP contribution in [-0.4, -0.2) is 47.4 Å². The molecule has 0 saturated carbocycles. The van der Waals surface area contributed by atoms with E-state index in [4.69, 9.17) is 4.74 Å². The minimum absolute atomic E-state index is 0.0158. The van der Waals surface area contributed by atoms with Gasteiger partial charge in [0.2, 0.25) is 5.91 Å². The number of amides is 1. The zero-order valence-electron chi connectivity index (χ0n) is 58.6. The number of carbonyl (C=O) groups is 2. The lowest BCUT2D eigenvalue weighted by molar-refractivity contribution is -0.143. The van der Waals surface area contributed by atoms with Crippen LogP contribution in [0.4, 0.5) is 0 Å². The van der Waals surface area contributed by atoms with E-state index in [0.717, 1.165) is 44.9 Å². The highest BCUT2D eigenvalue weighted by atomic mass is 16.5. The quantitative estimate of drug-likeness (QED) is 0.0320. The van der Waals surface area contributed by atoms with Gasteiger partial charge in [0.1, 0.15) is 0 Å². The molecule has 0 aliphatic carbocycles. The lowest BCUT2D eigenvalue weighted by Crippen LogP contribution is -2.45. The van der Waals surface area contributed by atoms with Gasteiger partial charge >= 0.3 is 5.97 Å². The number of carbonyl (C=O) groups excluding carboxylic acids is 2. The SMILES string of the molecule is CCCCCCCCCCCCCCCCCCCCCCCCCCCC(O)C(CO)NC(=O)CCCCCCCCCCCCC/C=C\C/C=C\CCCCCCCCCCCOC(=O)CCCCCCCCCCCCCCCCCCC. The average molecular weight is 1210 g/mol. The monoisotopic (exact) mass is 1210 g/mol. The van der Waals surface area contributed by atoms with Crippen molar-refractivity contribution in [3.05, 3.63) is 24.3 Å². The number of hydrogen-bond donors (Lipinski definition) is 3. The third-order valence-corrected chi connectivity index (χ3v) is 18.8. The number of esters is 1. The van der Waals surface area contributed by atoms with Gasteiger partial charge in [0.05, 0.1) is 25.4 Å². The third kappa shape index (κ3) is 71.4. The van der Waals surface area contributed by atoms with Gasteiger partial charge in [0.25, 0.3) is 0 Å². The molecule has 2 unspecified atom stereocenters. The number of ether oxygens (including phenoxy) is 1. The summed E-state index contributed by atoms with van der Waals surface area (Å²) in [5.41, 5.74) is 0. The molecule has 0 aliphatic heterocycles. The van der Waals surface area contributed by atoms with Crippen LogP contribution in [-0.2, 0) is 14.3 Å². The largest absolute Gasteiger partial charge is 0.466 e. The highest BCUT2D eigenvalue weighted by Crippen LogP contribution is 2.20. The van der Waals surface area contributed by atoms with Gasteiger partial charge in [-0.2, -0.15) is 0 Å². The van der Waals surface area contributed by atoms with Crippen molar-refractivity contribution in [1.82, 2.24) is 5.32 Å². The summed E-state index contributed by atoms with van der Waals surface area (Å²) in [6, 6.07) is -0.546. The molecule has 0 aromatic carbocycles. The van der Waals surface area contributed by atoms with E-state index in [-0.39, 0.29) is 18.5 Å². The van der Waals surface area contributed by atoms with Crippen molar-refractivity contribution in [3.8, 4) is 0 Å². The molecule has 3 N–H and O–H groups in total. The molecule has 0 rings (SSSR count). The summed E-state index contributed by atoms with van der Waals surface area (Å²) in [5.74, 6) is -0.0166. The molecular formula is C80H155NO5. The fraction of sp³-hybridized carbons (Fsp3) is 0.925. The van der Waals surface area contributed by atoms with Crippen molar-refractivity contribution in [2.24, 2.45) is 0 Å². The summed E-state index contributed by atoms with van der Waals surface area (Å²) in [7, 11) is 0. The Kier molecular flexibility index (Phi) is 74.3. The Morgan fingerprint density at radius 3 is 0.884 bits per heavy atom. The minimum Gasteiger partial charge on any atom is -0.466 e. The van der Waals surface area contributed by atoms with Crippen molar-refractivity contribution in [3.63, 3.8) is 0 Å². The van der Waals surface area contributed by atoms with Crippen LogP contribution in [0.2, 0.25) is 0 Å². The molecule has 0 bridgehead atoms. The second-order valence-electron chi connectivity index (χ2n) is 27.4. The van der Waals surface area contributed by atoms with E-state index >= 15 is 0 Å². The number of aliphatic hydroxyl groups excluding tert-OH is 2. The zero-order chi connectivity index (χ0) is 62.0. The van der Waals surface area contributed by atoms with Crippen LogP contribution in [0.3, 0.4) is 0 Å². The van der Waals surface area contributed by atoms with Gasteiger partial charge in [-0.05, 0) is 57.8 Å². The number of hydrogen-bond acceptors (Lipinski definition) is 5. The number of allylic oxidation sites excluding steroid dienone is 4. The molecule has 0 aliphatic rings. The Bertz CT molecular complexity index is 1350. The number of nitrogens with one attached hydrogen (secondary N) is 1. The summed E-state index contributed by atoms with van der Waals surface area (Å²) >= 11 is 0. The maximum Gasteiger partial charge on any atom is 0.305 e. The molecule has 0 aromatic heterocycles. The Morgan fingerprint density at radius 1 is 0.326 bits per heavy atom. The van der Waals surface area contributed by atoms with Crippen LogP contribution in [0, 0.1) is 0 Å². The van der Waals surface area contributed by atoms with Crippen LogP contribution in [0.5, 0.6) is 0 Å². The molecule has 0 radical (unpaired) electrons. The molecule has 86 heavy (non-hydrogen) atoms. The van der Waals surface area contributed by atoms with E-state index < -0.39 is 12.1 Å². The van der Waals surface area contributed by atoms with E-state index in [0.29, 0.717) is 25.9 Å². The van der Waals surface area contributed by atoms with Gasteiger partial charge in [-0.15, -0.1) is 0 Å². The Labute approximate surface area is 539 Å². The van der Waals surface area contributed by atoms with Crippen molar-refractivity contribution >= 4 is 11.9 Å². The first-order valence-corrected chi connectivity index (χ1v) is 39.6. The molecule has 0 heterocycles. The van der Waals surface area contributed by atoms with Crippen molar-refractivity contribution in [2.45, 2.75) is 463 Å². The Hall–Kier alpha value is -1.66. The van der Waals surface area contributed by atoms with Crippen molar-refractivity contribution < 1.29 is 24.5 Å². The van der Waals surface area contributed by atoms with E-state index in [1.54, 1.807) is 0 Å². The zero-order valence-corrected chi connectivity index (χ0v) is 58.6. The molecule has 0 aromatic rings. The second kappa shape index (κ2) is 75.8. The predicted octanol–water partition coefficient (Wildman–Crippen LogP) is 26.0. The molecule has 0 fully saturated rings. The van der Waals surface area contributed by atoms with Gasteiger partial charge in [-0.1, -0.05) is 404 Å². The van der Waals surface area contributed by atoms with E-state index in [1.807, 2.05) is 0 Å². The van der Waals surface area contributed by atoms with Crippen LogP contribution < -0.4 is 5.32 Å². The van der Waals surface area contributed by atoms with Crippen molar-refractivity contribution in [2.75, 3.05) is 13.2 Å². The molecular weight excluding hydrogens is 1050 g/mol. The average Bonchev–Trinajstić information content (AvgIpc) is 3.57. The molecule has 0 saturated heterocycles. The summed E-state index contributed by atoms with van der Waals surface area (Å²) in [4.78, 5) is 24.7. The standard InChI is InChI=1S/C80H155NO5/c1-3-5-7-9-11-13-15-17-19-21-22-23-24-28-31-34-37-41-44-48-52-56-60-64-68-72-78(83)77(76-82)81-79(84)73-69-65-61-57-53-49-45-42-38-35-32-29-26-25-27-30-33-36-39-43-47-51-55-59-63-67-71-75-86-80(85)74-70-66-62-58-54-50-46-40-20-18-16-14-12-10-8-6-4-2/h25-26,30,33,77-78,82-83H,3-24,27-29,31-32,34-76H2,1-2H3,(H,81,84)/b26-25-,33-30-. The van der Waals surface area contributed by atoms with Gasteiger partial charge in [0, 0.05) is 12.8 Å². The number of unbranched alkanes of at least 4 members (excludes halogenated alkanes) is 60. The highest BCUT2D eigenvalue weighted by Gasteiger charge is 2.20. The summed E-state index contributed by atoms with van der Waals surface area (Å²) in [6.45, 7) is 5.01. The maximum atomic E-state index is 12.6. The Balaban J connectivity index is 3.40. The maximum absolute atomic E-state index is 12.6. The fourth-order valence-corrected chi connectivity index (χ4v) is 12.7. The first-order chi connectivity index (χ1) is 42.5. The van der Waals surface area contributed by atoms with Crippen LogP contribution in [0.25, 0.3) is 0 Å². The van der Waals surface area contributed by atoms with Crippen LogP contribution in [0.1, 0.15) is 450 Å². The molecule has 510 valence electrons. The lowest BCUT2D eigenvalue weighted by Gasteiger charge is -2.22. The number of aliphatic hydroxyl groups is 2. The summed E-state index contributed by atoms with van der Waals surface area (Å²) in [5, 5.41) is 23.5. The number of rotatable bonds is 75. The molecule has 0 spiro atoms. The van der Waals surface area contributed by atoms with Gasteiger partial charge in [-0.3, -0.25) is 9.59 Å². The first-order valence-electron chi connectivity index (χ1n) is 39.6. The predicted molar refractivity (Wildman–Crippen MR) is 380 cm³/mol. The first kappa shape index (κ1) is 84.3. The van der Waals surface area contributed by atoms with Gasteiger partial charge < -0.3 is 20.3 Å². The second-order valence-corrected chi connectivity index (χ2v) is 27.4. The molecule has 6 nitrogen and oxygen atoms in total.